The molecule has 1 aliphatic carbocycles. The number of carboxylic acids is 1. The largest absolute Gasteiger partial charge is 0.481 e. The molecular formula is C13H15NO3. The van der Waals surface area contributed by atoms with Crippen LogP contribution in [0.4, 0.5) is 0 Å². The number of carbonyl (C=O) groups is 2. The Bertz CT molecular complexity index is 436. The zero-order valence-corrected chi connectivity index (χ0v) is 9.56. The molecule has 4 heteroatoms. The fourth-order valence-electron chi connectivity index (χ4n) is 2.52. The van der Waals surface area contributed by atoms with E-state index in [1.807, 2.05) is 0 Å². The van der Waals surface area contributed by atoms with Gasteiger partial charge in [-0.1, -0.05) is 19.3 Å². The van der Waals surface area contributed by atoms with E-state index in [0.29, 0.717) is 24.1 Å². The number of rotatable bonds is 3. The minimum absolute atomic E-state index is 0.487. The van der Waals surface area contributed by atoms with Crippen LogP contribution in [-0.4, -0.2) is 22.3 Å². The molecule has 1 fully saturated rings. The van der Waals surface area contributed by atoms with Crippen molar-refractivity contribution in [2.45, 2.75) is 37.5 Å². The minimum atomic E-state index is -0.892. The van der Waals surface area contributed by atoms with Crippen LogP contribution in [0.3, 0.4) is 0 Å². The number of aromatic nitrogens is 1. The Morgan fingerprint density at radius 3 is 2.65 bits per heavy atom. The van der Waals surface area contributed by atoms with Crippen LogP contribution in [0.25, 0.3) is 0 Å². The molecule has 0 bridgehead atoms. The van der Waals surface area contributed by atoms with E-state index in [-0.39, 0.29) is 0 Å². The van der Waals surface area contributed by atoms with Gasteiger partial charge in [-0.05, 0) is 25.0 Å². The lowest BCUT2D eigenvalue weighted by Gasteiger charge is -2.32. The number of hydrogen-bond acceptors (Lipinski definition) is 3. The topological polar surface area (TPSA) is 67.3 Å². The number of pyridine rings is 1. The Balaban J connectivity index is 2.44. The lowest BCUT2D eigenvalue weighted by Crippen LogP contribution is -2.38. The normalized spacial score (nSPS) is 18.6. The number of aldehydes is 1. The van der Waals surface area contributed by atoms with Crippen molar-refractivity contribution in [1.82, 2.24) is 4.98 Å². The third-order valence-corrected chi connectivity index (χ3v) is 3.53. The van der Waals surface area contributed by atoms with Crippen LogP contribution in [0.2, 0.25) is 0 Å². The van der Waals surface area contributed by atoms with Crippen LogP contribution in [0.1, 0.15) is 48.2 Å². The molecule has 0 radical (unpaired) electrons. The summed E-state index contributed by atoms with van der Waals surface area (Å²) in [4.78, 5) is 26.5. The molecule has 2 rings (SSSR count). The Labute approximate surface area is 99.7 Å². The molecular weight excluding hydrogens is 218 g/mol. The zero-order chi connectivity index (χ0) is 12.3. The second kappa shape index (κ2) is 4.65. The van der Waals surface area contributed by atoms with Crippen LogP contribution >= 0.6 is 0 Å². The number of carbonyl (C=O) groups excluding carboxylic acids is 1. The highest BCUT2D eigenvalue weighted by Crippen LogP contribution is 2.38. The summed E-state index contributed by atoms with van der Waals surface area (Å²) in [6.45, 7) is 0. The first kappa shape index (κ1) is 11.8. The second-order valence-corrected chi connectivity index (χ2v) is 4.54. The summed E-state index contributed by atoms with van der Waals surface area (Å²) in [6.07, 6.45) is 6.33. The van der Waals surface area contributed by atoms with Gasteiger partial charge in [0.1, 0.15) is 11.7 Å². The maximum atomic E-state index is 11.5. The first-order chi connectivity index (χ1) is 8.19. The van der Waals surface area contributed by atoms with Crippen LogP contribution in [0.5, 0.6) is 0 Å². The Morgan fingerprint density at radius 2 is 2.06 bits per heavy atom. The van der Waals surface area contributed by atoms with Gasteiger partial charge < -0.3 is 5.11 Å². The molecule has 0 unspecified atom stereocenters. The third-order valence-electron chi connectivity index (χ3n) is 3.53. The maximum absolute atomic E-state index is 11.5. The molecule has 17 heavy (non-hydrogen) atoms. The lowest BCUT2D eigenvalue weighted by molar-refractivity contribution is -0.145. The van der Waals surface area contributed by atoms with Gasteiger partial charge in [-0.2, -0.15) is 0 Å². The van der Waals surface area contributed by atoms with Gasteiger partial charge >= 0.3 is 5.97 Å². The van der Waals surface area contributed by atoms with Crippen LogP contribution in [0.15, 0.2) is 18.3 Å². The molecule has 1 aliphatic rings. The predicted octanol–water partition coefficient (Wildman–Crippen LogP) is 2.18. The van der Waals surface area contributed by atoms with E-state index in [2.05, 4.69) is 4.98 Å². The summed E-state index contributed by atoms with van der Waals surface area (Å²) < 4.78 is 0. The summed E-state index contributed by atoms with van der Waals surface area (Å²) in [5.74, 6) is -0.826. The van der Waals surface area contributed by atoms with Gasteiger partial charge in [-0.3, -0.25) is 14.6 Å². The monoisotopic (exact) mass is 233 g/mol. The summed E-state index contributed by atoms with van der Waals surface area (Å²) in [5.41, 5.74) is 0.118. The smallest absolute Gasteiger partial charge is 0.315 e. The van der Waals surface area contributed by atoms with Crippen molar-refractivity contribution in [3.05, 3.63) is 29.6 Å². The summed E-state index contributed by atoms with van der Waals surface area (Å²) >= 11 is 0. The minimum Gasteiger partial charge on any atom is -0.481 e. The van der Waals surface area contributed by atoms with Crippen molar-refractivity contribution in [3.8, 4) is 0 Å². The predicted molar refractivity (Wildman–Crippen MR) is 62.0 cm³/mol. The second-order valence-electron chi connectivity index (χ2n) is 4.54. The summed E-state index contributed by atoms with van der Waals surface area (Å²) in [7, 11) is 0. The zero-order valence-electron chi connectivity index (χ0n) is 9.56. The number of carboxylic acid groups (broad SMARTS) is 1. The van der Waals surface area contributed by atoms with E-state index in [1.54, 1.807) is 12.1 Å². The molecule has 1 heterocycles. The van der Waals surface area contributed by atoms with Crippen molar-refractivity contribution in [1.29, 1.82) is 0 Å². The lowest BCUT2D eigenvalue weighted by atomic mass is 9.71. The van der Waals surface area contributed by atoms with E-state index < -0.39 is 11.4 Å². The fraction of sp³-hybridized carbons (Fsp3) is 0.462. The average molecular weight is 233 g/mol. The molecule has 0 spiro atoms. The SMILES string of the molecule is O=Cc1ccnc(C2(C(=O)O)CCCCC2)c1. The van der Waals surface area contributed by atoms with Crippen molar-refractivity contribution in [2.75, 3.05) is 0 Å². The van der Waals surface area contributed by atoms with Gasteiger partial charge in [-0.25, -0.2) is 0 Å². The molecule has 0 aliphatic heterocycles. The van der Waals surface area contributed by atoms with E-state index >= 15 is 0 Å². The van der Waals surface area contributed by atoms with Crippen LogP contribution in [-0.2, 0) is 10.2 Å². The number of hydrogen-bond donors (Lipinski definition) is 1. The number of aliphatic carboxylic acids is 1. The van der Waals surface area contributed by atoms with Gasteiger partial charge in [0.05, 0.1) is 5.69 Å². The molecule has 0 saturated heterocycles. The molecule has 1 N–H and O–H groups in total. The summed E-state index contributed by atoms with van der Waals surface area (Å²) in [6, 6.07) is 3.20. The van der Waals surface area contributed by atoms with Gasteiger partial charge in [0.25, 0.3) is 0 Å². The highest BCUT2D eigenvalue weighted by molar-refractivity contribution is 5.82. The highest BCUT2D eigenvalue weighted by Gasteiger charge is 2.42. The fourth-order valence-corrected chi connectivity index (χ4v) is 2.52. The molecule has 4 nitrogen and oxygen atoms in total. The van der Waals surface area contributed by atoms with Gasteiger partial charge in [0, 0.05) is 11.8 Å². The molecule has 0 aromatic carbocycles. The van der Waals surface area contributed by atoms with Gasteiger partial charge in [-0.15, -0.1) is 0 Å². The third kappa shape index (κ3) is 2.07. The van der Waals surface area contributed by atoms with Gasteiger partial charge in [0.15, 0.2) is 0 Å². The first-order valence-corrected chi connectivity index (χ1v) is 5.84. The average Bonchev–Trinajstić information content (AvgIpc) is 2.39. The molecule has 1 aromatic rings. The van der Waals surface area contributed by atoms with Crippen molar-refractivity contribution in [3.63, 3.8) is 0 Å². The standard InChI is InChI=1S/C13H15NO3/c15-9-10-4-7-14-11(8-10)13(12(16)17)5-2-1-3-6-13/h4,7-9H,1-3,5-6H2,(H,16,17). The first-order valence-electron chi connectivity index (χ1n) is 5.84. The Morgan fingerprint density at radius 1 is 1.35 bits per heavy atom. The molecule has 90 valence electrons. The summed E-state index contributed by atoms with van der Waals surface area (Å²) in [5, 5.41) is 9.48. The molecule has 0 amide bonds. The van der Waals surface area contributed by atoms with E-state index in [1.165, 1.54) is 6.20 Å². The Kier molecular flexibility index (Phi) is 3.22. The van der Waals surface area contributed by atoms with Crippen molar-refractivity contribution in [2.24, 2.45) is 0 Å². The Hall–Kier alpha value is -1.71. The van der Waals surface area contributed by atoms with Crippen LogP contribution in [0, 0.1) is 0 Å². The van der Waals surface area contributed by atoms with Crippen molar-refractivity contribution >= 4 is 12.3 Å². The molecule has 0 atom stereocenters. The van der Waals surface area contributed by atoms with Gasteiger partial charge in [0.2, 0.25) is 0 Å². The quantitative estimate of drug-likeness (QED) is 0.812. The van der Waals surface area contributed by atoms with Crippen molar-refractivity contribution < 1.29 is 14.7 Å². The van der Waals surface area contributed by atoms with E-state index in [4.69, 9.17) is 0 Å². The van der Waals surface area contributed by atoms with E-state index in [9.17, 15) is 14.7 Å². The highest BCUT2D eigenvalue weighted by atomic mass is 16.4. The molecule has 1 saturated carbocycles. The van der Waals surface area contributed by atoms with Crippen LogP contribution < -0.4 is 0 Å². The number of nitrogens with zero attached hydrogens (tertiary/aromatic N) is 1. The van der Waals surface area contributed by atoms with E-state index in [0.717, 1.165) is 25.5 Å². The maximum Gasteiger partial charge on any atom is 0.315 e. The molecule has 1 aromatic heterocycles.